The molecule has 2 aromatic carbocycles. The summed E-state index contributed by atoms with van der Waals surface area (Å²) in [6.07, 6.45) is 0.533. The molecule has 2 aliphatic heterocycles. The third kappa shape index (κ3) is 4.47. The molecule has 32 heavy (non-hydrogen) atoms. The molecule has 0 spiro atoms. The molecule has 2 aromatic rings. The van der Waals surface area contributed by atoms with E-state index in [2.05, 4.69) is 22.5 Å². The summed E-state index contributed by atoms with van der Waals surface area (Å²) in [6, 6.07) is 11.7. The zero-order chi connectivity index (χ0) is 22.7. The molecular formula is C24H21N3O5. The van der Waals surface area contributed by atoms with E-state index in [1.54, 1.807) is 43.5 Å². The van der Waals surface area contributed by atoms with Crippen LogP contribution < -0.4 is 15.4 Å². The van der Waals surface area contributed by atoms with E-state index >= 15 is 0 Å². The average Bonchev–Trinajstić information content (AvgIpc) is 3.12. The Kier molecular flexibility index (Phi) is 5.90. The van der Waals surface area contributed by atoms with E-state index in [1.165, 1.54) is 4.90 Å². The van der Waals surface area contributed by atoms with E-state index in [4.69, 9.17) is 4.74 Å². The summed E-state index contributed by atoms with van der Waals surface area (Å²) in [4.78, 5) is 49.8. The molecule has 2 N–H and O–H groups in total. The fourth-order valence-corrected chi connectivity index (χ4v) is 3.77. The molecule has 4 rings (SSSR count). The van der Waals surface area contributed by atoms with Gasteiger partial charge in [-0.2, -0.15) is 0 Å². The first-order valence-electron chi connectivity index (χ1n) is 10.1. The smallest absolute Gasteiger partial charge is 0.296 e. The molecule has 0 aliphatic carbocycles. The molecule has 0 bridgehead atoms. The minimum absolute atomic E-state index is 0.214. The number of rotatable bonds is 4. The number of imide groups is 1. The van der Waals surface area contributed by atoms with Gasteiger partial charge in [0.05, 0.1) is 7.11 Å². The number of hydrogen-bond donors (Lipinski definition) is 2. The molecule has 0 saturated carbocycles. The van der Waals surface area contributed by atoms with Crippen LogP contribution in [0.25, 0.3) is 0 Å². The zero-order valence-corrected chi connectivity index (χ0v) is 17.4. The predicted octanol–water partition coefficient (Wildman–Crippen LogP) is 1.12. The van der Waals surface area contributed by atoms with Gasteiger partial charge < -0.3 is 15.0 Å². The van der Waals surface area contributed by atoms with Crippen LogP contribution in [0.1, 0.15) is 39.9 Å². The van der Waals surface area contributed by atoms with Gasteiger partial charge in [-0.25, -0.2) is 0 Å². The van der Waals surface area contributed by atoms with Crippen molar-refractivity contribution in [3.8, 4) is 17.6 Å². The zero-order valence-electron chi connectivity index (χ0n) is 17.4. The van der Waals surface area contributed by atoms with Crippen molar-refractivity contribution in [1.29, 1.82) is 0 Å². The van der Waals surface area contributed by atoms with E-state index in [9.17, 15) is 19.2 Å². The maximum absolute atomic E-state index is 12.7. The monoisotopic (exact) mass is 431 g/mol. The van der Waals surface area contributed by atoms with Gasteiger partial charge in [-0.3, -0.25) is 24.5 Å². The van der Waals surface area contributed by atoms with Crippen molar-refractivity contribution in [3.05, 3.63) is 64.7 Å². The lowest BCUT2D eigenvalue weighted by Crippen LogP contribution is -2.52. The maximum atomic E-state index is 12.7. The van der Waals surface area contributed by atoms with Gasteiger partial charge in [0.2, 0.25) is 11.8 Å². The van der Waals surface area contributed by atoms with Crippen LogP contribution >= 0.6 is 0 Å². The molecule has 8 nitrogen and oxygen atoms in total. The largest absolute Gasteiger partial charge is 0.497 e. The summed E-state index contributed by atoms with van der Waals surface area (Å²) >= 11 is 0. The summed E-state index contributed by atoms with van der Waals surface area (Å²) in [5, 5.41) is 5.03. The second-order valence-corrected chi connectivity index (χ2v) is 7.55. The van der Waals surface area contributed by atoms with Gasteiger partial charge in [0.1, 0.15) is 11.8 Å². The predicted molar refractivity (Wildman–Crippen MR) is 114 cm³/mol. The molecule has 1 fully saturated rings. The summed E-state index contributed by atoms with van der Waals surface area (Å²) in [5.74, 6) is 4.67. The molecule has 2 heterocycles. The molecular weight excluding hydrogens is 410 g/mol. The molecule has 0 radical (unpaired) electrons. The van der Waals surface area contributed by atoms with Gasteiger partial charge in [-0.15, -0.1) is 0 Å². The lowest BCUT2D eigenvalue weighted by atomic mass is 10.0. The Hall–Kier alpha value is -4.12. The minimum Gasteiger partial charge on any atom is -0.497 e. The van der Waals surface area contributed by atoms with Crippen LogP contribution in [0.3, 0.4) is 0 Å². The van der Waals surface area contributed by atoms with E-state index in [0.717, 1.165) is 11.1 Å². The highest BCUT2D eigenvalue weighted by molar-refractivity contribution is 6.05. The first-order chi connectivity index (χ1) is 15.4. The average molecular weight is 431 g/mol. The lowest BCUT2D eigenvalue weighted by molar-refractivity contribution is -0.137. The van der Waals surface area contributed by atoms with Crippen molar-refractivity contribution in [3.63, 3.8) is 0 Å². The van der Waals surface area contributed by atoms with Crippen LogP contribution in [0.2, 0.25) is 0 Å². The highest BCUT2D eigenvalue weighted by Gasteiger charge is 2.38. The second-order valence-electron chi connectivity index (χ2n) is 7.55. The first kappa shape index (κ1) is 21.1. The van der Waals surface area contributed by atoms with Gasteiger partial charge in [-0.05, 0) is 47.9 Å². The fourth-order valence-electron chi connectivity index (χ4n) is 3.77. The summed E-state index contributed by atoms with van der Waals surface area (Å²) in [6.45, 7) is 0.551. The summed E-state index contributed by atoms with van der Waals surface area (Å²) < 4.78 is 5.09. The second kappa shape index (κ2) is 8.94. The Labute approximate surface area is 184 Å². The number of amides is 4. The van der Waals surface area contributed by atoms with Crippen LogP contribution in [0.5, 0.6) is 5.75 Å². The highest BCUT2D eigenvalue weighted by Crippen LogP contribution is 2.28. The van der Waals surface area contributed by atoms with Crippen molar-refractivity contribution in [1.82, 2.24) is 15.5 Å². The summed E-state index contributed by atoms with van der Waals surface area (Å²) in [5.41, 5.74) is 2.84. The van der Waals surface area contributed by atoms with E-state index < -0.39 is 17.9 Å². The van der Waals surface area contributed by atoms with Gasteiger partial charge in [0, 0.05) is 36.6 Å². The molecule has 0 aromatic heterocycles. The molecule has 1 saturated heterocycles. The Bertz CT molecular complexity index is 1160. The van der Waals surface area contributed by atoms with Crippen LogP contribution in [0, 0.1) is 11.8 Å². The van der Waals surface area contributed by atoms with Gasteiger partial charge in [-0.1, -0.05) is 18.1 Å². The Morgan fingerprint density at radius 2 is 1.97 bits per heavy atom. The Morgan fingerprint density at radius 3 is 2.69 bits per heavy atom. The number of benzene rings is 2. The highest BCUT2D eigenvalue weighted by atomic mass is 16.5. The van der Waals surface area contributed by atoms with Crippen LogP contribution in [-0.4, -0.2) is 41.7 Å². The van der Waals surface area contributed by atoms with Crippen LogP contribution in [-0.2, 0) is 27.5 Å². The molecule has 8 heteroatoms. The van der Waals surface area contributed by atoms with Crippen molar-refractivity contribution in [2.45, 2.75) is 32.0 Å². The SMILES string of the molecule is COc1ccc(C#CC(=O)NCc2ccc3c(c2)CN(C2CCC(=O)NC2=O)C3=O)cc1. The summed E-state index contributed by atoms with van der Waals surface area (Å²) in [7, 11) is 1.58. The molecule has 1 unspecified atom stereocenters. The number of piperidine rings is 1. The fraction of sp³-hybridized carbons (Fsp3) is 0.250. The molecule has 1 atom stereocenters. The number of nitrogens with one attached hydrogen (secondary N) is 2. The normalized spacial score (nSPS) is 17.2. The van der Waals surface area contributed by atoms with Gasteiger partial charge in [0.25, 0.3) is 11.8 Å². The number of carbonyl (C=O) groups excluding carboxylic acids is 4. The van der Waals surface area contributed by atoms with Crippen molar-refractivity contribution >= 4 is 23.6 Å². The van der Waals surface area contributed by atoms with Crippen molar-refractivity contribution in [2.24, 2.45) is 0 Å². The van der Waals surface area contributed by atoms with Crippen molar-refractivity contribution in [2.75, 3.05) is 7.11 Å². The number of methoxy groups -OCH3 is 1. The Balaban J connectivity index is 1.37. The molecule has 4 amide bonds. The standard InChI is InChI=1S/C24H21N3O5/c1-32-18-6-2-15(3-7-18)5-10-21(28)25-13-16-4-8-19-17(12-16)14-27(24(19)31)20-9-11-22(29)26-23(20)30/h2-4,6-8,12,20H,9,11,13-14H2,1H3,(H,25,28)(H,26,29,30). The number of carbonyl (C=O) groups is 4. The number of fused-ring (bicyclic) bond motifs is 1. The topological polar surface area (TPSA) is 105 Å². The van der Waals surface area contributed by atoms with E-state index in [-0.39, 0.29) is 24.8 Å². The van der Waals surface area contributed by atoms with Gasteiger partial charge >= 0.3 is 0 Å². The number of ether oxygens (including phenoxy) is 1. The number of hydrogen-bond acceptors (Lipinski definition) is 5. The van der Waals surface area contributed by atoms with Crippen LogP contribution in [0.4, 0.5) is 0 Å². The molecule has 162 valence electrons. The molecule has 2 aliphatic rings. The van der Waals surface area contributed by atoms with E-state index in [1.807, 2.05) is 6.07 Å². The third-order valence-electron chi connectivity index (χ3n) is 5.45. The van der Waals surface area contributed by atoms with Gasteiger partial charge in [0.15, 0.2) is 0 Å². The minimum atomic E-state index is -0.649. The van der Waals surface area contributed by atoms with Crippen molar-refractivity contribution < 1.29 is 23.9 Å². The Morgan fingerprint density at radius 1 is 1.19 bits per heavy atom. The van der Waals surface area contributed by atoms with E-state index in [0.29, 0.717) is 29.8 Å². The quantitative estimate of drug-likeness (QED) is 0.558. The first-order valence-corrected chi connectivity index (χ1v) is 10.1. The maximum Gasteiger partial charge on any atom is 0.296 e. The lowest BCUT2D eigenvalue weighted by Gasteiger charge is -2.29. The third-order valence-corrected chi connectivity index (χ3v) is 5.45. The van der Waals surface area contributed by atoms with Crippen LogP contribution in [0.15, 0.2) is 42.5 Å². The number of nitrogens with zero attached hydrogens (tertiary/aromatic N) is 1.